The second kappa shape index (κ2) is 8.06. The van der Waals surface area contributed by atoms with E-state index in [0.29, 0.717) is 18.8 Å². The Morgan fingerprint density at radius 1 is 1.25 bits per heavy atom. The molecule has 3 nitrogen and oxygen atoms in total. The third-order valence-corrected chi connectivity index (χ3v) is 4.13. The molecule has 1 heterocycles. The lowest BCUT2D eigenvalue weighted by Crippen LogP contribution is -2.10. The van der Waals surface area contributed by atoms with E-state index in [1.807, 2.05) is 30.3 Å². The Kier molecular flexibility index (Phi) is 6.10. The second-order valence-corrected chi connectivity index (χ2v) is 6.05. The summed E-state index contributed by atoms with van der Waals surface area (Å²) < 4.78 is 44.6. The van der Waals surface area contributed by atoms with E-state index < -0.39 is 17.3 Å². The molecule has 0 fully saturated rings. The lowest BCUT2D eigenvalue weighted by Gasteiger charge is -2.12. The number of alkyl halides is 3. The summed E-state index contributed by atoms with van der Waals surface area (Å²) >= 11 is 1.14. The van der Waals surface area contributed by atoms with Crippen molar-refractivity contribution >= 4 is 11.8 Å². The molecule has 1 aromatic carbocycles. The van der Waals surface area contributed by atoms with Crippen molar-refractivity contribution in [1.29, 1.82) is 5.26 Å². The SMILES string of the molecule is Cc1cc(C(F)(F)F)c(C#N)c(SCCCOc2ccccc2)n1. The van der Waals surface area contributed by atoms with Crippen LogP contribution in [0.5, 0.6) is 5.75 Å². The number of ether oxygens (including phenoxy) is 1. The summed E-state index contributed by atoms with van der Waals surface area (Å²) in [5.74, 6) is 1.25. The van der Waals surface area contributed by atoms with Gasteiger partial charge < -0.3 is 4.74 Å². The fraction of sp³-hybridized carbons (Fsp3) is 0.294. The van der Waals surface area contributed by atoms with Crippen molar-refractivity contribution in [2.75, 3.05) is 12.4 Å². The third kappa shape index (κ3) is 4.90. The highest BCUT2D eigenvalue weighted by Gasteiger charge is 2.35. The molecule has 24 heavy (non-hydrogen) atoms. The minimum absolute atomic E-state index is 0.115. The number of pyridine rings is 1. The molecule has 126 valence electrons. The van der Waals surface area contributed by atoms with E-state index in [1.54, 1.807) is 6.07 Å². The van der Waals surface area contributed by atoms with E-state index >= 15 is 0 Å². The molecule has 0 bridgehead atoms. The predicted octanol–water partition coefficient (Wildman–Crippen LogP) is 4.84. The van der Waals surface area contributed by atoms with E-state index in [9.17, 15) is 13.2 Å². The Morgan fingerprint density at radius 3 is 2.58 bits per heavy atom. The zero-order valence-electron chi connectivity index (χ0n) is 12.9. The van der Waals surface area contributed by atoms with E-state index in [4.69, 9.17) is 10.00 Å². The topological polar surface area (TPSA) is 45.9 Å². The zero-order valence-corrected chi connectivity index (χ0v) is 13.7. The first-order valence-corrected chi connectivity index (χ1v) is 8.20. The van der Waals surface area contributed by atoms with Crippen LogP contribution < -0.4 is 4.74 Å². The van der Waals surface area contributed by atoms with Crippen molar-refractivity contribution in [3.8, 4) is 11.8 Å². The molecular formula is C17H15F3N2OS. The molecule has 2 aromatic rings. The van der Waals surface area contributed by atoms with Crippen LogP contribution in [0.25, 0.3) is 0 Å². The molecule has 1 aromatic heterocycles. The largest absolute Gasteiger partial charge is 0.494 e. The number of aromatic nitrogens is 1. The maximum Gasteiger partial charge on any atom is 0.417 e. The Balaban J connectivity index is 1.97. The van der Waals surface area contributed by atoms with Gasteiger partial charge in [0.25, 0.3) is 0 Å². The van der Waals surface area contributed by atoms with Gasteiger partial charge in [-0.25, -0.2) is 4.98 Å². The summed E-state index contributed by atoms with van der Waals surface area (Å²) in [5, 5.41) is 9.19. The van der Waals surface area contributed by atoms with Crippen LogP contribution in [0.4, 0.5) is 13.2 Å². The van der Waals surface area contributed by atoms with Crippen LogP contribution in [-0.2, 0) is 6.18 Å². The number of halogens is 3. The Bertz CT molecular complexity index is 727. The number of hydrogen-bond acceptors (Lipinski definition) is 4. The van der Waals surface area contributed by atoms with Gasteiger partial charge in [-0.15, -0.1) is 11.8 Å². The van der Waals surface area contributed by atoms with Gasteiger partial charge in [0, 0.05) is 11.4 Å². The molecule has 0 aliphatic rings. The van der Waals surface area contributed by atoms with E-state index in [1.165, 1.54) is 6.92 Å². The molecule has 0 aliphatic carbocycles. The summed E-state index contributed by atoms with van der Waals surface area (Å²) in [6.07, 6.45) is -3.94. The molecule has 7 heteroatoms. The number of thioether (sulfide) groups is 1. The third-order valence-electron chi connectivity index (χ3n) is 3.07. The first-order valence-electron chi connectivity index (χ1n) is 7.21. The molecule has 0 radical (unpaired) electrons. The highest BCUT2D eigenvalue weighted by Crippen LogP contribution is 2.35. The van der Waals surface area contributed by atoms with E-state index in [-0.39, 0.29) is 10.7 Å². The van der Waals surface area contributed by atoms with Crippen LogP contribution >= 0.6 is 11.8 Å². The van der Waals surface area contributed by atoms with Gasteiger partial charge in [0.1, 0.15) is 16.8 Å². The molecular weight excluding hydrogens is 337 g/mol. The van der Waals surface area contributed by atoms with Crippen LogP contribution in [0, 0.1) is 18.3 Å². The predicted molar refractivity (Wildman–Crippen MR) is 86.0 cm³/mol. The Labute approximate surface area is 142 Å². The number of benzene rings is 1. The highest BCUT2D eigenvalue weighted by molar-refractivity contribution is 7.99. The van der Waals surface area contributed by atoms with Crippen LogP contribution in [0.1, 0.15) is 23.2 Å². The molecule has 0 N–H and O–H groups in total. The molecule has 0 saturated carbocycles. The molecule has 0 atom stereocenters. The summed E-state index contributed by atoms with van der Waals surface area (Å²) in [7, 11) is 0. The monoisotopic (exact) mass is 352 g/mol. The van der Waals surface area contributed by atoms with Crippen LogP contribution in [0.2, 0.25) is 0 Å². The van der Waals surface area contributed by atoms with E-state index in [2.05, 4.69) is 4.98 Å². The van der Waals surface area contributed by atoms with Gasteiger partial charge >= 0.3 is 6.18 Å². The Hall–Kier alpha value is -2.20. The number of hydrogen-bond donors (Lipinski definition) is 0. The van der Waals surface area contributed by atoms with Crippen LogP contribution in [0.3, 0.4) is 0 Å². The molecule has 2 rings (SSSR count). The maximum atomic E-state index is 13.0. The lowest BCUT2D eigenvalue weighted by atomic mass is 10.1. The van der Waals surface area contributed by atoms with Crippen molar-refractivity contribution in [3.05, 3.63) is 53.2 Å². The number of nitriles is 1. The average Bonchev–Trinajstić information content (AvgIpc) is 2.54. The first kappa shape index (κ1) is 18.1. The van der Waals surface area contributed by atoms with Gasteiger partial charge in [-0.05, 0) is 31.5 Å². The summed E-state index contributed by atoms with van der Waals surface area (Å²) in [6, 6.07) is 11.8. The van der Waals surface area contributed by atoms with Gasteiger partial charge in [-0.1, -0.05) is 18.2 Å². The summed E-state index contributed by atoms with van der Waals surface area (Å²) in [6.45, 7) is 1.93. The van der Waals surface area contributed by atoms with Gasteiger partial charge in [-0.2, -0.15) is 18.4 Å². The van der Waals surface area contributed by atoms with Crippen molar-refractivity contribution in [2.45, 2.75) is 24.5 Å². The molecule has 0 aliphatic heterocycles. The van der Waals surface area contributed by atoms with Crippen molar-refractivity contribution in [2.24, 2.45) is 0 Å². The molecule has 0 spiro atoms. The minimum Gasteiger partial charge on any atom is -0.494 e. The van der Waals surface area contributed by atoms with Gasteiger partial charge in [0.15, 0.2) is 0 Å². The van der Waals surface area contributed by atoms with E-state index in [0.717, 1.165) is 23.6 Å². The minimum atomic E-state index is -4.56. The van der Waals surface area contributed by atoms with Gasteiger partial charge in [0.2, 0.25) is 0 Å². The van der Waals surface area contributed by atoms with Crippen LogP contribution in [-0.4, -0.2) is 17.3 Å². The Morgan fingerprint density at radius 2 is 1.96 bits per heavy atom. The van der Waals surface area contributed by atoms with Crippen molar-refractivity contribution in [1.82, 2.24) is 4.98 Å². The second-order valence-electron chi connectivity index (χ2n) is 4.96. The number of nitrogens with zero attached hydrogens (tertiary/aromatic N) is 2. The fourth-order valence-electron chi connectivity index (χ4n) is 2.02. The maximum absolute atomic E-state index is 13.0. The summed E-state index contributed by atoms with van der Waals surface area (Å²) in [4.78, 5) is 4.07. The fourth-order valence-corrected chi connectivity index (χ4v) is 2.98. The van der Waals surface area contributed by atoms with Gasteiger partial charge in [-0.3, -0.25) is 0 Å². The van der Waals surface area contributed by atoms with Gasteiger partial charge in [0.05, 0.1) is 17.7 Å². The van der Waals surface area contributed by atoms with Crippen molar-refractivity contribution in [3.63, 3.8) is 0 Å². The number of rotatable bonds is 6. The first-order chi connectivity index (χ1) is 11.4. The molecule has 0 saturated heterocycles. The zero-order chi connectivity index (χ0) is 17.6. The summed E-state index contributed by atoms with van der Waals surface area (Å²) in [5.41, 5.74) is -1.10. The number of para-hydroxylation sites is 1. The molecule has 0 amide bonds. The standard InChI is InChI=1S/C17H15F3N2OS/c1-12-10-15(17(18,19)20)14(11-21)16(22-12)24-9-5-8-23-13-6-3-2-4-7-13/h2-4,6-7,10H,5,8-9H2,1H3. The highest BCUT2D eigenvalue weighted by atomic mass is 32.2. The van der Waals surface area contributed by atoms with Crippen LogP contribution in [0.15, 0.2) is 41.4 Å². The average molecular weight is 352 g/mol. The normalized spacial score (nSPS) is 11.1. The number of aryl methyl sites for hydroxylation is 1. The lowest BCUT2D eigenvalue weighted by molar-refractivity contribution is -0.138. The van der Waals surface area contributed by atoms with Crippen molar-refractivity contribution < 1.29 is 17.9 Å². The molecule has 0 unspecified atom stereocenters. The smallest absolute Gasteiger partial charge is 0.417 e. The quantitative estimate of drug-likeness (QED) is 0.551.